The smallest absolute Gasteiger partial charge is 0.407 e. The molecule has 2 saturated heterocycles. The van der Waals surface area contributed by atoms with Gasteiger partial charge < -0.3 is 39.9 Å². The molecule has 4 amide bonds. The second-order valence-electron chi connectivity index (χ2n) is 19.4. The molecule has 1 spiro atoms. The number of nitrogens with one attached hydrogen (secondary N) is 4. The van der Waals surface area contributed by atoms with Crippen molar-refractivity contribution < 1.29 is 37.4 Å². The van der Waals surface area contributed by atoms with Gasteiger partial charge in [0.2, 0.25) is 11.8 Å². The van der Waals surface area contributed by atoms with Crippen molar-refractivity contribution in [3.05, 3.63) is 83.6 Å². The van der Waals surface area contributed by atoms with E-state index >= 15 is 8.78 Å². The quantitative estimate of drug-likeness (QED) is 0.108. The van der Waals surface area contributed by atoms with Crippen LogP contribution in [0.25, 0.3) is 44.5 Å². The van der Waals surface area contributed by atoms with Crippen molar-refractivity contribution >= 4 is 35.0 Å². The van der Waals surface area contributed by atoms with Crippen LogP contribution in [0.2, 0.25) is 0 Å². The first kappa shape index (κ1) is 42.6. The van der Waals surface area contributed by atoms with E-state index in [9.17, 15) is 19.2 Å². The summed E-state index contributed by atoms with van der Waals surface area (Å²) in [5.74, 6) is -2.53. The van der Waals surface area contributed by atoms with E-state index in [0.717, 1.165) is 49.6 Å². The van der Waals surface area contributed by atoms with Crippen LogP contribution in [0, 0.1) is 23.2 Å². The minimum absolute atomic E-state index is 0.0102. The van der Waals surface area contributed by atoms with Crippen LogP contribution in [0.4, 0.5) is 18.4 Å². The second kappa shape index (κ2) is 15.7. The monoisotopic (exact) mass is 888 g/mol. The van der Waals surface area contributed by atoms with Gasteiger partial charge in [-0.25, -0.2) is 19.6 Å². The van der Waals surface area contributed by atoms with E-state index < -0.39 is 30.2 Å². The Balaban J connectivity index is 0.896. The largest absolute Gasteiger partial charge is 0.453 e. The fourth-order valence-corrected chi connectivity index (χ4v) is 11.0. The number of likely N-dealkylation sites (tertiary alicyclic amines) is 2. The lowest BCUT2D eigenvalue weighted by Crippen LogP contribution is -2.54. The summed E-state index contributed by atoms with van der Waals surface area (Å²) in [7, 11) is 2.54. The number of hydrogen-bond acceptors (Lipinski definition) is 8. The highest BCUT2D eigenvalue weighted by atomic mass is 19.3. The van der Waals surface area contributed by atoms with Crippen LogP contribution in [0.15, 0.2) is 60.8 Å². The fourth-order valence-electron chi connectivity index (χ4n) is 11.0. The molecule has 4 fully saturated rings. The number of H-pyrrole nitrogens is 2. The Labute approximate surface area is 375 Å². The Kier molecular flexibility index (Phi) is 10.3. The van der Waals surface area contributed by atoms with Gasteiger partial charge in [-0.15, -0.1) is 0 Å². The van der Waals surface area contributed by atoms with Gasteiger partial charge in [0, 0.05) is 29.3 Å². The minimum Gasteiger partial charge on any atom is -0.453 e. The van der Waals surface area contributed by atoms with Crippen molar-refractivity contribution in [2.75, 3.05) is 20.8 Å². The summed E-state index contributed by atoms with van der Waals surface area (Å²) in [5, 5.41) is 5.43. The third kappa shape index (κ3) is 7.19. The zero-order valence-corrected chi connectivity index (χ0v) is 37.3. The fraction of sp³-hybridized carbons (Fsp3) is 0.469. The van der Waals surface area contributed by atoms with Crippen molar-refractivity contribution in [3.63, 3.8) is 0 Å². The number of piperidine rings is 1. The number of aromatic nitrogens is 4. The molecule has 340 valence electrons. The van der Waals surface area contributed by atoms with Crippen molar-refractivity contribution in [1.29, 1.82) is 0 Å². The molecule has 6 atom stereocenters. The maximum atomic E-state index is 16.7. The number of alkyl carbamates (subject to hydrolysis) is 2. The number of benzene rings is 3. The van der Waals surface area contributed by atoms with Crippen molar-refractivity contribution in [1.82, 2.24) is 40.4 Å². The normalized spacial score (nSPS) is 22.9. The van der Waals surface area contributed by atoms with E-state index in [2.05, 4.69) is 20.6 Å². The summed E-state index contributed by atoms with van der Waals surface area (Å²) in [5.41, 5.74) is 4.68. The number of imidazole rings is 2. The Bertz CT molecular complexity index is 2740. The molecule has 2 aromatic heterocycles. The molecular weight excluding hydrogens is 835 g/mol. The van der Waals surface area contributed by atoms with Crippen LogP contribution >= 0.6 is 0 Å². The van der Waals surface area contributed by atoms with Gasteiger partial charge in [0.05, 0.1) is 49.2 Å². The van der Waals surface area contributed by atoms with Gasteiger partial charge in [0.15, 0.2) is 0 Å². The Morgan fingerprint density at radius 1 is 0.785 bits per heavy atom. The first-order valence-corrected chi connectivity index (χ1v) is 22.6. The van der Waals surface area contributed by atoms with Gasteiger partial charge in [-0.05, 0) is 108 Å². The van der Waals surface area contributed by atoms with E-state index in [0.29, 0.717) is 51.7 Å². The molecule has 10 rings (SSSR count). The molecular formula is C49H54F2N8O6. The summed E-state index contributed by atoms with van der Waals surface area (Å²) < 4.78 is 43.0. The number of carbonyl (C=O) groups is 4. The average molecular weight is 889 g/mol. The van der Waals surface area contributed by atoms with E-state index in [-0.39, 0.29) is 64.2 Å². The first-order chi connectivity index (χ1) is 31.1. The number of aromatic amines is 2. The summed E-state index contributed by atoms with van der Waals surface area (Å²) in [6.45, 7) is 8.09. The molecule has 4 heterocycles. The van der Waals surface area contributed by atoms with E-state index in [4.69, 9.17) is 19.4 Å². The number of methoxy groups -OCH3 is 2. The zero-order chi connectivity index (χ0) is 45.7. The molecule has 2 aliphatic heterocycles. The lowest BCUT2D eigenvalue weighted by atomic mass is 9.95. The summed E-state index contributed by atoms with van der Waals surface area (Å²) in [6, 6.07) is 13.8. The highest BCUT2D eigenvalue weighted by molar-refractivity contribution is 5.89. The number of carbonyl (C=O) groups excluding carboxylic acids is 4. The number of nitrogens with zero attached hydrogens (tertiary/aromatic N) is 4. The highest BCUT2D eigenvalue weighted by Gasteiger charge is 2.56. The maximum Gasteiger partial charge on any atom is 0.407 e. The standard InChI is InChI=1S/C49H54F2N8O6/c1-24(2)39(56-46(62)64-5)44(60)58-23-48(15-16-48)21-38(58)42-52-22-37(55-42)28-9-13-32-31-12-8-26(18-33(31)49(50,51)34(32)19-28)27-10-14-35-36(20-27)54-43(53-35)41-29-7-11-30(17-29)59(41)45(61)40(25(3)4)57-47(63)65-6/h8-10,12-14,18-20,22,24-25,29-30,38-41H,7,11,15-17,21,23H2,1-6H3,(H,52,55)(H,53,54)(H,56,62)(H,57,63)/t29-,30+,38+,39?,40?,41-/m0/s1. The van der Waals surface area contributed by atoms with Crippen LogP contribution in [0.1, 0.15) is 101 Å². The molecule has 5 aliphatic rings. The molecule has 4 N–H and O–H groups in total. The Hall–Kier alpha value is -6.32. The van der Waals surface area contributed by atoms with Crippen LogP contribution in [0.5, 0.6) is 0 Å². The predicted octanol–water partition coefficient (Wildman–Crippen LogP) is 8.61. The molecule has 3 aromatic carbocycles. The van der Waals surface area contributed by atoms with E-state index in [1.165, 1.54) is 20.3 Å². The molecule has 5 aromatic rings. The third-order valence-corrected chi connectivity index (χ3v) is 14.7. The molecule has 3 aliphatic carbocycles. The third-order valence-electron chi connectivity index (χ3n) is 14.7. The van der Waals surface area contributed by atoms with Crippen LogP contribution in [-0.2, 0) is 25.0 Å². The van der Waals surface area contributed by atoms with Gasteiger partial charge in [0.25, 0.3) is 5.92 Å². The predicted molar refractivity (Wildman–Crippen MR) is 237 cm³/mol. The SMILES string of the molecule is COC(=O)NC(C(=O)N1CC2(CC2)C[C@@H]1c1ncc(-c2ccc3c(c2)C(F)(F)c2cc(-c4ccc5nc([C@@H]6[C@H]7CC[C@H](C7)N6C(=O)C(NC(=O)OC)C(C)C)[nH]c5c4)ccc2-3)[nH]1)C(C)C. The molecule has 0 radical (unpaired) electrons. The van der Waals surface area contributed by atoms with Crippen molar-refractivity contribution in [3.8, 4) is 33.5 Å². The van der Waals surface area contributed by atoms with Gasteiger partial charge in [0.1, 0.15) is 23.7 Å². The van der Waals surface area contributed by atoms with Crippen LogP contribution in [-0.4, -0.2) is 92.6 Å². The van der Waals surface area contributed by atoms with Gasteiger partial charge in [-0.1, -0.05) is 58.0 Å². The van der Waals surface area contributed by atoms with Gasteiger partial charge in [-0.2, -0.15) is 8.78 Å². The highest BCUT2D eigenvalue weighted by Crippen LogP contribution is 2.59. The molecule has 2 saturated carbocycles. The zero-order valence-electron chi connectivity index (χ0n) is 37.3. The summed E-state index contributed by atoms with van der Waals surface area (Å²) >= 11 is 0. The topological polar surface area (TPSA) is 175 Å². The molecule has 2 bridgehead atoms. The number of halogens is 2. The second-order valence-corrected chi connectivity index (χ2v) is 19.4. The lowest BCUT2D eigenvalue weighted by molar-refractivity contribution is -0.139. The van der Waals surface area contributed by atoms with Gasteiger partial charge in [-0.3, -0.25) is 9.59 Å². The number of ether oxygens (including phenoxy) is 2. The Morgan fingerprint density at radius 2 is 1.40 bits per heavy atom. The number of hydrogen-bond donors (Lipinski definition) is 4. The number of amides is 4. The van der Waals surface area contributed by atoms with Crippen LogP contribution in [0.3, 0.4) is 0 Å². The van der Waals surface area contributed by atoms with Crippen molar-refractivity contribution in [2.24, 2.45) is 23.2 Å². The molecule has 16 heteroatoms. The molecule has 14 nitrogen and oxygen atoms in total. The minimum atomic E-state index is -3.29. The first-order valence-electron chi connectivity index (χ1n) is 22.6. The Morgan fingerprint density at radius 3 is 2.05 bits per heavy atom. The number of rotatable bonds is 10. The number of alkyl halides is 2. The average Bonchev–Trinajstić information content (AvgIpc) is 3.95. The van der Waals surface area contributed by atoms with Crippen molar-refractivity contribution in [2.45, 2.75) is 102 Å². The van der Waals surface area contributed by atoms with Crippen LogP contribution < -0.4 is 10.6 Å². The van der Waals surface area contributed by atoms with Gasteiger partial charge >= 0.3 is 12.2 Å². The summed E-state index contributed by atoms with van der Waals surface area (Å²) in [6.07, 6.45) is 5.75. The van der Waals surface area contributed by atoms with E-state index in [1.54, 1.807) is 29.3 Å². The lowest BCUT2D eigenvalue weighted by Gasteiger charge is -2.37. The molecule has 65 heavy (non-hydrogen) atoms. The maximum absolute atomic E-state index is 16.7. The summed E-state index contributed by atoms with van der Waals surface area (Å²) in [4.78, 5) is 72.6. The number of fused-ring (bicyclic) bond motifs is 6. The molecule has 2 unspecified atom stereocenters. The van der Waals surface area contributed by atoms with E-state index in [1.807, 2.05) is 62.9 Å².